The third kappa shape index (κ3) is 3.08. The van der Waals surface area contributed by atoms with E-state index in [2.05, 4.69) is 6.58 Å². The Bertz CT molecular complexity index is 1010. The number of hydrogen-bond acceptors (Lipinski definition) is 4. The maximum atomic E-state index is 13.4. The molecule has 2 aromatic carbocycles. The number of nitrogens with zero attached hydrogens (tertiary/aromatic N) is 3. The van der Waals surface area contributed by atoms with Crippen LogP contribution in [-0.4, -0.2) is 15.6 Å². The standard InChI is InChI=1S/C20H16F3N3OS/c1-12-25(15-5-4-13(11-24)17(10-15)20(21,22)23)18(28)19(2,3)26(12)14-6-8-16(27)9-7-14/h4-10,27H,1H2,2-3H3. The molecule has 1 saturated heterocycles. The molecule has 0 amide bonds. The maximum absolute atomic E-state index is 13.4. The number of aromatic hydroxyl groups is 1. The van der Waals surface area contributed by atoms with Crippen molar-refractivity contribution in [2.45, 2.75) is 25.6 Å². The van der Waals surface area contributed by atoms with Crippen molar-refractivity contribution in [1.82, 2.24) is 0 Å². The van der Waals surface area contributed by atoms with Gasteiger partial charge in [-0.3, -0.25) is 4.90 Å². The minimum absolute atomic E-state index is 0.0905. The smallest absolute Gasteiger partial charge is 0.417 e. The van der Waals surface area contributed by atoms with Gasteiger partial charge in [0.15, 0.2) is 0 Å². The van der Waals surface area contributed by atoms with Crippen LogP contribution >= 0.6 is 12.2 Å². The van der Waals surface area contributed by atoms with Gasteiger partial charge in [-0.15, -0.1) is 0 Å². The molecule has 1 heterocycles. The van der Waals surface area contributed by atoms with Crippen molar-refractivity contribution < 1.29 is 18.3 Å². The van der Waals surface area contributed by atoms with Crippen LogP contribution in [0.4, 0.5) is 24.5 Å². The minimum Gasteiger partial charge on any atom is -0.508 e. The predicted molar refractivity (Wildman–Crippen MR) is 105 cm³/mol. The first kappa shape index (κ1) is 19.7. The second-order valence-electron chi connectivity index (χ2n) is 6.81. The van der Waals surface area contributed by atoms with E-state index in [1.54, 1.807) is 23.1 Å². The van der Waals surface area contributed by atoms with Crippen molar-refractivity contribution in [3.63, 3.8) is 0 Å². The summed E-state index contributed by atoms with van der Waals surface area (Å²) in [6.45, 7) is 7.70. The molecule has 3 rings (SSSR count). The summed E-state index contributed by atoms with van der Waals surface area (Å²) >= 11 is 5.56. The number of alkyl halides is 3. The van der Waals surface area contributed by atoms with Crippen LogP contribution in [0, 0.1) is 11.3 Å². The fourth-order valence-electron chi connectivity index (χ4n) is 3.25. The lowest BCUT2D eigenvalue weighted by molar-refractivity contribution is -0.137. The molecule has 1 N–H and O–H groups in total. The molecule has 0 radical (unpaired) electrons. The summed E-state index contributed by atoms with van der Waals surface area (Å²) in [6.07, 6.45) is -4.67. The molecule has 0 aromatic heterocycles. The number of halogens is 3. The minimum atomic E-state index is -4.67. The van der Waals surface area contributed by atoms with Crippen LogP contribution in [0.15, 0.2) is 54.9 Å². The van der Waals surface area contributed by atoms with Gasteiger partial charge in [0, 0.05) is 11.4 Å². The van der Waals surface area contributed by atoms with E-state index in [4.69, 9.17) is 17.5 Å². The largest absolute Gasteiger partial charge is 0.508 e. The van der Waals surface area contributed by atoms with Crippen LogP contribution in [0.1, 0.15) is 25.0 Å². The van der Waals surface area contributed by atoms with Crippen LogP contribution < -0.4 is 9.80 Å². The molecular formula is C20H16F3N3OS. The summed E-state index contributed by atoms with van der Waals surface area (Å²) in [7, 11) is 0. The molecule has 0 bridgehead atoms. The Morgan fingerprint density at radius 3 is 2.21 bits per heavy atom. The highest BCUT2D eigenvalue weighted by atomic mass is 32.1. The number of thiocarbonyl (C=S) groups is 1. The highest BCUT2D eigenvalue weighted by molar-refractivity contribution is 7.80. The van der Waals surface area contributed by atoms with Gasteiger partial charge in [-0.05, 0) is 56.3 Å². The van der Waals surface area contributed by atoms with E-state index in [9.17, 15) is 18.3 Å². The molecule has 1 fully saturated rings. The zero-order chi connectivity index (χ0) is 20.9. The number of hydrogen-bond donors (Lipinski definition) is 1. The van der Waals surface area contributed by atoms with Crippen molar-refractivity contribution in [2.75, 3.05) is 9.80 Å². The zero-order valence-electron chi connectivity index (χ0n) is 15.1. The fraction of sp³-hybridized carbons (Fsp3) is 0.200. The third-order valence-electron chi connectivity index (χ3n) is 4.60. The molecule has 0 atom stereocenters. The van der Waals surface area contributed by atoms with Gasteiger partial charge in [0.25, 0.3) is 0 Å². The van der Waals surface area contributed by atoms with Crippen LogP contribution in [0.2, 0.25) is 0 Å². The Morgan fingerprint density at radius 2 is 1.68 bits per heavy atom. The van der Waals surface area contributed by atoms with Crippen molar-refractivity contribution in [3.05, 3.63) is 66.0 Å². The fourth-order valence-corrected chi connectivity index (χ4v) is 3.55. The van der Waals surface area contributed by atoms with E-state index in [-0.39, 0.29) is 11.4 Å². The number of benzene rings is 2. The average molecular weight is 403 g/mol. The van der Waals surface area contributed by atoms with Gasteiger partial charge in [-0.1, -0.05) is 18.8 Å². The van der Waals surface area contributed by atoms with Gasteiger partial charge in [-0.2, -0.15) is 18.4 Å². The first-order valence-corrected chi connectivity index (χ1v) is 8.63. The van der Waals surface area contributed by atoms with E-state index in [1.807, 2.05) is 13.8 Å². The molecule has 0 unspecified atom stereocenters. The molecule has 4 nitrogen and oxygen atoms in total. The van der Waals surface area contributed by atoms with E-state index in [0.717, 1.165) is 12.1 Å². The Morgan fingerprint density at radius 1 is 1.11 bits per heavy atom. The molecule has 144 valence electrons. The summed E-state index contributed by atoms with van der Waals surface area (Å²) < 4.78 is 40.1. The van der Waals surface area contributed by atoms with Gasteiger partial charge in [0.1, 0.15) is 16.6 Å². The first-order chi connectivity index (χ1) is 13.0. The van der Waals surface area contributed by atoms with Crippen LogP contribution in [0.3, 0.4) is 0 Å². The van der Waals surface area contributed by atoms with Gasteiger partial charge < -0.3 is 10.0 Å². The van der Waals surface area contributed by atoms with Gasteiger partial charge >= 0.3 is 6.18 Å². The average Bonchev–Trinajstić information content (AvgIpc) is 2.79. The Labute approximate surface area is 165 Å². The van der Waals surface area contributed by atoms with Crippen LogP contribution in [0.25, 0.3) is 0 Å². The molecule has 1 aliphatic rings. The van der Waals surface area contributed by atoms with Crippen molar-refractivity contribution >= 4 is 28.6 Å². The van der Waals surface area contributed by atoms with Gasteiger partial charge in [0.05, 0.1) is 22.7 Å². The van der Waals surface area contributed by atoms with E-state index in [0.29, 0.717) is 16.5 Å². The molecule has 2 aromatic rings. The zero-order valence-corrected chi connectivity index (χ0v) is 15.9. The number of nitriles is 1. The molecule has 1 aliphatic heterocycles. The lowest BCUT2D eigenvalue weighted by Gasteiger charge is -2.31. The molecule has 0 aliphatic carbocycles. The summed E-state index contributed by atoms with van der Waals surface area (Å²) in [5.41, 5.74) is -1.38. The Hall–Kier alpha value is -3.05. The van der Waals surface area contributed by atoms with Crippen molar-refractivity contribution in [3.8, 4) is 11.8 Å². The third-order valence-corrected chi connectivity index (χ3v) is 5.28. The van der Waals surface area contributed by atoms with Crippen LogP contribution in [0.5, 0.6) is 5.75 Å². The topological polar surface area (TPSA) is 50.5 Å². The van der Waals surface area contributed by atoms with Crippen molar-refractivity contribution in [1.29, 1.82) is 5.26 Å². The quantitative estimate of drug-likeness (QED) is 0.700. The molecule has 0 saturated carbocycles. The summed E-state index contributed by atoms with van der Waals surface area (Å²) in [4.78, 5) is 3.63. The monoisotopic (exact) mass is 403 g/mol. The van der Waals surface area contributed by atoms with Crippen LogP contribution in [-0.2, 0) is 6.18 Å². The summed E-state index contributed by atoms with van der Waals surface area (Å²) in [6, 6.07) is 11.4. The second kappa shape index (κ2) is 6.53. The van der Waals surface area contributed by atoms with Crippen molar-refractivity contribution in [2.24, 2.45) is 0 Å². The molecule has 0 spiro atoms. The Balaban J connectivity index is 2.11. The number of anilines is 2. The van der Waals surface area contributed by atoms with Gasteiger partial charge in [0.2, 0.25) is 0 Å². The lowest BCUT2D eigenvalue weighted by Crippen LogP contribution is -2.42. The molecule has 28 heavy (non-hydrogen) atoms. The first-order valence-electron chi connectivity index (χ1n) is 8.22. The highest BCUT2D eigenvalue weighted by Gasteiger charge is 2.46. The van der Waals surface area contributed by atoms with E-state index < -0.39 is 22.8 Å². The maximum Gasteiger partial charge on any atom is 0.417 e. The lowest BCUT2D eigenvalue weighted by atomic mass is 10.0. The second-order valence-corrected chi connectivity index (χ2v) is 7.19. The number of phenols is 1. The normalized spacial score (nSPS) is 16.4. The molecule has 8 heteroatoms. The number of rotatable bonds is 2. The summed E-state index contributed by atoms with van der Waals surface area (Å²) in [5, 5.41) is 18.5. The van der Waals surface area contributed by atoms with Gasteiger partial charge in [-0.25, -0.2) is 0 Å². The van der Waals surface area contributed by atoms with E-state index in [1.165, 1.54) is 23.1 Å². The Kier molecular flexibility index (Phi) is 4.60. The molecular weight excluding hydrogens is 387 g/mol. The predicted octanol–water partition coefficient (Wildman–Crippen LogP) is 5.19. The highest BCUT2D eigenvalue weighted by Crippen LogP contribution is 2.43. The SMILES string of the molecule is C=C1N(c2ccc(C#N)c(C(F)(F)F)c2)C(=S)C(C)(C)N1c1ccc(O)cc1. The summed E-state index contributed by atoms with van der Waals surface area (Å²) in [5.74, 6) is 0.464. The van der Waals surface area contributed by atoms with E-state index >= 15 is 0 Å². The number of phenolic OH excluding ortho intramolecular Hbond substituents is 1.